The zero-order valence-corrected chi connectivity index (χ0v) is 6.98. The number of hydrogen-bond acceptors (Lipinski definition) is 4. The van der Waals surface area contributed by atoms with Gasteiger partial charge in [0.25, 0.3) is 0 Å². The molecular formula is C7H15FN2O2. The minimum atomic E-state index is -1.44. The zero-order chi connectivity index (χ0) is 9.30. The molecule has 0 spiro atoms. The minimum Gasteiger partial charge on any atom is -0.387 e. The van der Waals surface area contributed by atoms with Crippen LogP contribution in [0.4, 0.5) is 4.39 Å². The van der Waals surface area contributed by atoms with Gasteiger partial charge < -0.3 is 21.3 Å². The van der Waals surface area contributed by atoms with Gasteiger partial charge in [-0.3, -0.25) is 0 Å². The number of alkyl halides is 1. The summed E-state index contributed by atoms with van der Waals surface area (Å²) in [7, 11) is 1.40. The molecule has 1 rings (SSSR count). The molecule has 5 N–H and O–H groups in total. The van der Waals surface area contributed by atoms with Crippen LogP contribution >= 0.6 is 0 Å². The van der Waals surface area contributed by atoms with E-state index in [1.165, 1.54) is 7.11 Å². The summed E-state index contributed by atoms with van der Waals surface area (Å²) in [6, 6.07) is -1.06. The summed E-state index contributed by atoms with van der Waals surface area (Å²) in [5.74, 6) is 0. The minimum absolute atomic E-state index is 0.344. The van der Waals surface area contributed by atoms with Crippen molar-refractivity contribution in [3.63, 3.8) is 0 Å². The van der Waals surface area contributed by atoms with Crippen LogP contribution in [-0.2, 0) is 4.74 Å². The first-order valence-electron chi connectivity index (χ1n) is 3.94. The molecule has 0 aliphatic heterocycles. The molecule has 0 bridgehead atoms. The second kappa shape index (κ2) is 3.66. The van der Waals surface area contributed by atoms with Crippen molar-refractivity contribution < 1.29 is 14.2 Å². The number of aliphatic hydroxyl groups is 1. The molecule has 0 aromatic heterocycles. The van der Waals surface area contributed by atoms with Gasteiger partial charge in [-0.05, 0) is 6.42 Å². The smallest absolute Gasteiger partial charge is 0.144 e. The SMILES string of the molecule is CO[C@H]1[C@H](O)[C@H](F)[C@H](N)C[C@@H]1N. The van der Waals surface area contributed by atoms with Crippen molar-refractivity contribution >= 4 is 0 Å². The zero-order valence-electron chi connectivity index (χ0n) is 6.98. The molecule has 0 heterocycles. The van der Waals surface area contributed by atoms with Crippen LogP contribution in [0.15, 0.2) is 0 Å². The Morgan fingerprint density at radius 1 is 1.42 bits per heavy atom. The molecule has 12 heavy (non-hydrogen) atoms. The van der Waals surface area contributed by atoms with Gasteiger partial charge in [0.15, 0.2) is 0 Å². The second-order valence-electron chi connectivity index (χ2n) is 3.20. The van der Waals surface area contributed by atoms with E-state index >= 15 is 0 Å². The number of ether oxygens (including phenoxy) is 1. The lowest BCUT2D eigenvalue weighted by Gasteiger charge is -2.37. The third-order valence-corrected chi connectivity index (χ3v) is 2.31. The number of nitrogens with two attached hydrogens (primary N) is 2. The highest BCUT2D eigenvalue weighted by atomic mass is 19.1. The quantitative estimate of drug-likeness (QED) is 0.469. The van der Waals surface area contributed by atoms with Crippen LogP contribution in [0.5, 0.6) is 0 Å². The lowest BCUT2D eigenvalue weighted by molar-refractivity contribution is -0.0898. The molecule has 0 aromatic carbocycles. The molecule has 0 radical (unpaired) electrons. The van der Waals surface area contributed by atoms with E-state index in [0.29, 0.717) is 6.42 Å². The van der Waals surface area contributed by atoms with Crippen molar-refractivity contribution in [3.8, 4) is 0 Å². The molecule has 0 saturated heterocycles. The van der Waals surface area contributed by atoms with Gasteiger partial charge in [0.05, 0.1) is 0 Å². The van der Waals surface area contributed by atoms with Crippen molar-refractivity contribution in [2.45, 2.75) is 36.9 Å². The number of rotatable bonds is 1. The van der Waals surface area contributed by atoms with E-state index in [2.05, 4.69) is 0 Å². The highest BCUT2D eigenvalue weighted by Crippen LogP contribution is 2.22. The highest BCUT2D eigenvalue weighted by molar-refractivity contribution is 4.97. The fourth-order valence-electron chi connectivity index (χ4n) is 1.58. The van der Waals surface area contributed by atoms with Crippen LogP contribution in [0, 0.1) is 0 Å². The van der Waals surface area contributed by atoms with Crippen LogP contribution in [0.25, 0.3) is 0 Å². The Morgan fingerprint density at radius 3 is 2.50 bits per heavy atom. The van der Waals surface area contributed by atoms with Gasteiger partial charge in [-0.15, -0.1) is 0 Å². The topological polar surface area (TPSA) is 81.5 Å². The predicted octanol–water partition coefficient (Wildman–Crippen LogP) is -1.24. The highest BCUT2D eigenvalue weighted by Gasteiger charge is 2.41. The maximum Gasteiger partial charge on any atom is 0.144 e. The van der Waals surface area contributed by atoms with Gasteiger partial charge in [0.1, 0.15) is 18.4 Å². The molecule has 0 aromatic rings. The van der Waals surface area contributed by atoms with Crippen molar-refractivity contribution in [2.75, 3.05) is 7.11 Å². The Hall–Kier alpha value is -0.230. The summed E-state index contributed by atoms with van der Waals surface area (Å²) in [6.45, 7) is 0. The number of halogens is 1. The van der Waals surface area contributed by atoms with E-state index in [0.717, 1.165) is 0 Å². The van der Waals surface area contributed by atoms with Gasteiger partial charge in [0.2, 0.25) is 0 Å². The molecule has 72 valence electrons. The second-order valence-corrected chi connectivity index (χ2v) is 3.20. The van der Waals surface area contributed by atoms with Crippen LogP contribution in [0.3, 0.4) is 0 Å². The van der Waals surface area contributed by atoms with Crippen LogP contribution in [-0.4, -0.2) is 42.7 Å². The summed E-state index contributed by atoms with van der Waals surface area (Å²) < 4.78 is 17.9. The van der Waals surface area contributed by atoms with Gasteiger partial charge >= 0.3 is 0 Å². The predicted molar refractivity (Wildman–Crippen MR) is 42.3 cm³/mol. The van der Waals surface area contributed by atoms with Gasteiger partial charge in [-0.2, -0.15) is 0 Å². The third-order valence-electron chi connectivity index (χ3n) is 2.31. The molecular weight excluding hydrogens is 163 g/mol. The standard InChI is InChI=1S/C7H15FN2O2/c1-12-7-4(10)2-3(9)5(8)6(7)11/h3-7,11H,2,9-10H2,1H3/t3-,4+,5-,6-,7-/m1/s1. The van der Waals surface area contributed by atoms with Gasteiger partial charge in [-0.25, -0.2) is 4.39 Å². The van der Waals surface area contributed by atoms with Crippen LogP contribution < -0.4 is 11.5 Å². The van der Waals surface area contributed by atoms with E-state index in [1.54, 1.807) is 0 Å². The molecule has 1 saturated carbocycles. The van der Waals surface area contributed by atoms with Gasteiger partial charge in [-0.1, -0.05) is 0 Å². The Morgan fingerprint density at radius 2 is 2.00 bits per heavy atom. The maximum atomic E-state index is 13.1. The number of hydrogen-bond donors (Lipinski definition) is 3. The van der Waals surface area contributed by atoms with Gasteiger partial charge in [0, 0.05) is 19.2 Å². The molecule has 5 atom stereocenters. The Kier molecular flexibility index (Phi) is 3.00. The summed E-state index contributed by atoms with van der Waals surface area (Å²) in [4.78, 5) is 0. The first kappa shape index (κ1) is 9.85. The Balaban J connectivity index is 2.65. The Bertz CT molecular complexity index is 158. The lowest BCUT2D eigenvalue weighted by Crippen LogP contribution is -2.60. The summed E-state index contributed by atoms with van der Waals surface area (Å²) >= 11 is 0. The molecule has 1 aliphatic rings. The van der Waals surface area contributed by atoms with E-state index in [-0.39, 0.29) is 6.04 Å². The summed E-state index contributed by atoms with van der Waals surface area (Å²) in [6.07, 6.45) is -2.93. The molecule has 0 amide bonds. The third kappa shape index (κ3) is 1.59. The average Bonchev–Trinajstić information content (AvgIpc) is 2.01. The largest absolute Gasteiger partial charge is 0.387 e. The van der Waals surface area contributed by atoms with Crippen LogP contribution in [0.2, 0.25) is 0 Å². The molecule has 0 unspecified atom stereocenters. The fraction of sp³-hybridized carbons (Fsp3) is 1.00. The fourth-order valence-corrected chi connectivity index (χ4v) is 1.58. The average molecular weight is 178 g/mol. The first-order chi connectivity index (χ1) is 5.57. The summed E-state index contributed by atoms with van der Waals surface area (Å²) in [5.41, 5.74) is 11.0. The van der Waals surface area contributed by atoms with E-state index < -0.39 is 24.4 Å². The molecule has 1 aliphatic carbocycles. The molecule has 5 heteroatoms. The molecule has 1 fully saturated rings. The van der Waals surface area contributed by atoms with Crippen LogP contribution in [0.1, 0.15) is 6.42 Å². The first-order valence-corrected chi connectivity index (χ1v) is 3.94. The van der Waals surface area contributed by atoms with E-state index in [4.69, 9.17) is 16.2 Å². The van der Waals surface area contributed by atoms with Crippen molar-refractivity contribution in [1.29, 1.82) is 0 Å². The summed E-state index contributed by atoms with van der Waals surface area (Å²) in [5, 5.41) is 9.32. The Labute approximate surface area is 70.7 Å². The normalized spacial score (nSPS) is 49.2. The van der Waals surface area contributed by atoms with E-state index in [1.807, 2.05) is 0 Å². The van der Waals surface area contributed by atoms with Crippen molar-refractivity contribution in [2.24, 2.45) is 11.5 Å². The van der Waals surface area contributed by atoms with Crippen molar-refractivity contribution in [1.82, 2.24) is 0 Å². The monoisotopic (exact) mass is 178 g/mol. The number of aliphatic hydroxyl groups excluding tert-OH is 1. The molecule has 4 nitrogen and oxygen atoms in total. The maximum absolute atomic E-state index is 13.1. The lowest BCUT2D eigenvalue weighted by atomic mass is 9.86. The number of methoxy groups -OCH3 is 1. The van der Waals surface area contributed by atoms with E-state index in [9.17, 15) is 9.50 Å². The van der Waals surface area contributed by atoms with Crippen molar-refractivity contribution in [3.05, 3.63) is 0 Å².